The van der Waals surface area contributed by atoms with Crippen LogP contribution in [0.5, 0.6) is 0 Å². The minimum Gasteiger partial charge on any atom is -0.342 e. The van der Waals surface area contributed by atoms with E-state index in [2.05, 4.69) is 22.0 Å². The number of hydrogen-bond donors (Lipinski definition) is 0. The summed E-state index contributed by atoms with van der Waals surface area (Å²) in [7, 11) is 0. The van der Waals surface area contributed by atoms with Gasteiger partial charge < -0.3 is 4.90 Å². The summed E-state index contributed by atoms with van der Waals surface area (Å²) < 4.78 is 40.5. The zero-order valence-corrected chi connectivity index (χ0v) is 13.7. The molecule has 6 nitrogen and oxygen atoms in total. The van der Waals surface area contributed by atoms with Crippen molar-refractivity contribution in [1.29, 1.82) is 0 Å². The monoisotopic (exact) mass is 353 g/mol. The first-order chi connectivity index (χ1) is 11.8. The predicted octanol–water partition coefficient (Wildman–Crippen LogP) is 2.51. The predicted molar refractivity (Wildman–Crippen MR) is 81.6 cm³/mol. The van der Waals surface area contributed by atoms with Crippen LogP contribution < -0.4 is 0 Å². The highest BCUT2D eigenvalue weighted by Crippen LogP contribution is 2.40. The highest BCUT2D eigenvalue weighted by Gasteiger charge is 2.42. The highest BCUT2D eigenvalue weighted by atomic mass is 19.4. The van der Waals surface area contributed by atoms with Gasteiger partial charge in [-0.15, -0.1) is 0 Å². The lowest BCUT2D eigenvalue weighted by Gasteiger charge is -2.32. The van der Waals surface area contributed by atoms with Gasteiger partial charge in [-0.05, 0) is 31.2 Å². The lowest BCUT2D eigenvalue weighted by molar-refractivity contribution is -0.142. The van der Waals surface area contributed by atoms with Crippen LogP contribution in [0.3, 0.4) is 0 Å². The van der Waals surface area contributed by atoms with Crippen LogP contribution in [0, 0.1) is 11.8 Å². The summed E-state index contributed by atoms with van der Waals surface area (Å²) in [6.45, 7) is 3.19. The van der Waals surface area contributed by atoms with Gasteiger partial charge in [0.05, 0.1) is 0 Å². The van der Waals surface area contributed by atoms with E-state index in [-0.39, 0.29) is 23.5 Å². The molecular formula is C16H18F3N5O. The highest BCUT2D eigenvalue weighted by molar-refractivity contribution is 5.81. The zero-order valence-electron chi connectivity index (χ0n) is 13.7. The van der Waals surface area contributed by atoms with Gasteiger partial charge in [0.15, 0.2) is 5.69 Å². The number of likely N-dealkylation sites (tertiary alicyclic amines) is 1. The van der Waals surface area contributed by atoms with Crippen LogP contribution in [0.15, 0.2) is 12.4 Å². The Morgan fingerprint density at radius 3 is 2.56 bits per heavy atom. The van der Waals surface area contributed by atoms with Gasteiger partial charge in [-0.2, -0.15) is 27.8 Å². The quantitative estimate of drug-likeness (QED) is 0.832. The Labute approximate surface area is 142 Å². The Morgan fingerprint density at radius 1 is 1.28 bits per heavy atom. The van der Waals surface area contributed by atoms with E-state index >= 15 is 0 Å². The van der Waals surface area contributed by atoms with E-state index in [1.54, 1.807) is 0 Å². The average Bonchev–Trinajstić information content (AvgIpc) is 3.12. The Morgan fingerprint density at radius 2 is 1.96 bits per heavy atom. The van der Waals surface area contributed by atoms with Crippen LogP contribution in [0.2, 0.25) is 0 Å². The summed E-state index contributed by atoms with van der Waals surface area (Å²) in [4.78, 5) is 22.2. The Kier molecular flexibility index (Phi) is 3.69. The molecule has 2 aliphatic rings. The number of nitrogens with zero attached hydrogens (tertiary/aromatic N) is 5. The number of halogens is 3. The van der Waals surface area contributed by atoms with E-state index in [1.807, 2.05) is 4.90 Å². The smallest absolute Gasteiger partial charge is 0.342 e. The van der Waals surface area contributed by atoms with Crippen molar-refractivity contribution in [2.45, 2.75) is 38.3 Å². The fourth-order valence-corrected chi connectivity index (χ4v) is 3.54. The van der Waals surface area contributed by atoms with E-state index in [0.29, 0.717) is 37.5 Å². The molecule has 1 saturated carbocycles. The number of alkyl halides is 3. The van der Waals surface area contributed by atoms with Crippen molar-refractivity contribution >= 4 is 11.7 Å². The van der Waals surface area contributed by atoms with Crippen molar-refractivity contribution in [3.8, 4) is 0 Å². The molecule has 1 aliphatic heterocycles. The standard InChI is InChI=1S/C16H18F3N5O/c1-9-6-11(9)14(25)23-4-2-10(3-5-23)12-7-13(16(17,18)19)24-15(22-12)20-8-21-24/h7-11H,2-6H2,1H3/t9-,11+/m1/s1. The van der Waals surface area contributed by atoms with Gasteiger partial charge in [-0.1, -0.05) is 6.92 Å². The molecule has 0 spiro atoms. The van der Waals surface area contributed by atoms with Crippen LogP contribution >= 0.6 is 0 Å². The Balaban J connectivity index is 1.54. The largest absolute Gasteiger partial charge is 0.433 e. The van der Waals surface area contributed by atoms with E-state index in [9.17, 15) is 18.0 Å². The molecule has 3 heterocycles. The molecule has 9 heteroatoms. The van der Waals surface area contributed by atoms with Crippen LogP contribution in [0.4, 0.5) is 13.2 Å². The second-order valence-electron chi connectivity index (χ2n) is 6.95. The van der Waals surface area contributed by atoms with Gasteiger partial charge >= 0.3 is 6.18 Å². The lowest BCUT2D eigenvalue weighted by Crippen LogP contribution is -2.39. The second kappa shape index (κ2) is 5.67. The maximum atomic E-state index is 13.3. The van der Waals surface area contributed by atoms with Crippen molar-refractivity contribution < 1.29 is 18.0 Å². The summed E-state index contributed by atoms with van der Waals surface area (Å²) in [5.41, 5.74) is -0.491. The first-order valence-corrected chi connectivity index (χ1v) is 8.41. The van der Waals surface area contributed by atoms with Crippen LogP contribution in [-0.4, -0.2) is 43.5 Å². The van der Waals surface area contributed by atoms with Crippen LogP contribution in [-0.2, 0) is 11.0 Å². The third-order valence-electron chi connectivity index (χ3n) is 5.21. The molecule has 4 rings (SSSR count). The first-order valence-electron chi connectivity index (χ1n) is 8.41. The van der Waals surface area contributed by atoms with E-state index < -0.39 is 11.9 Å². The van der Waals surface area contributed by atoms with Gasteiger partial charge in [0.25, 0.3) is 5.78 Å². The van der Waals surface area contributed by atoms with Crippen molar-refractivity contribution in [3.63, 3.8) is 0 Å². The van der Waals surface area contributed by atoms with Crippen molar-refractivity contribution in [1.82, 2.24) is 24.5 Å². The van der Waals surface area contributed by atoms with Gasteiger partial charge in [0.2, 0.25) is 5.91 Å². The number of carbonyl (C=O) groups excluding carboxylic acids is 1. The number of rotatable bonds is 2. The number of fused-ring (bicyclic) bond motifs is 1. The molecule has 0 aromatic carbocycles. The molecular weight excluding hydrogens is 335 g/mol. The minimum absolute atomic E-state index is 0.0462. The van der Waals surface area contributed by atoms with E-state index in [4.69, 9.17) is 0 Å². The summed E-state index contributed by atoms with van der Waals surface area (Å²) in [5.74, 6) is 0.622. The van der Waals surface area contributed by atoms with Crippen molar-refractivity contribution in [2.24, 2.45) is 11.8 Å². The van der Waals surface area contributed by atoms with E-state index in [1.165, 1.54) is 0 Å². The Bertz CT molecular complexity index is 810. The molecule has 2 atom stereocenters. The maximum Gasteiger partial charge on any atom is 0.433 e. The number of piperidine rings is 1. The van der Waals surface area contributed by atoms with Gasteiger partial charge in [0.1, 0.15) is 6.33 Å². The molecule has 1 aliphatic carbocycles. The average molecular weight is 353 g/mol. The molecule has 1 amide bonds. The molecule has 0 unspecified atom stereocenters. The topological polar surface area (TPSA) is 63.4 Å². The van der Waals surface area contributed by atoms with Gasteiger partial charge in [-0.3, -0.25) is 4.79 Å². The van der Waals surface area contributed by atoms with Gasteiger partial charge in [0, 0.05) is 30.6 Å². The molecule has 0 N–H and O–H groups in total. The summed E-state index contributed by atoms with van der Waals surface area (Å²) in [6.07, 6.45) is -1.29. The normalized spacial score (nSPS) is 24.7. The van der Waals surface area contributed by atoms with Crippen LogP contribution in [0.25, 0.3) is 5.78 Å². The number of amides is 1. The van der Waals surface area contributed by atoms with Crippen molar-refractivity contribution in [2.75, 3.05) is 13.1 Å². The molecule has 2 aromatic heterocycles. The molecule has 1 saturated heterocycles. The molecule has 134 valence electrons. The summed E-state index contributed by atoms with van der Waals surface area (Å²) >= 11 is 0. The third kappa shape index (κ3) is 2.96. The van der Waals surface area contributed by atoms with Gasteiger partial charge in [-0.25, -0.2) is 4.98 Å². The summed E-state index contributed by atoms with van der Waals surface area (Å²) in [6, 6.07) is 1.06. The number of aromatic nitrogens is 4. The second-order valence-corrected chi connectivity index (χ2v) is 6.95. The SMILES string of the molecule is C[C@@H]1C[C@@H]1C(=O)N1CCC(c2cc(C(F)(F)F)n3ncnc3n2)CC1. The van der Waals surface area contributed by atoms with Crippen LogP contribution in [0.1, 0.15) is 43.5 Å². The summed E-state index contributed by atoms with van der Waals surface area (Å²) in [5, 5.41) is 3.61. The van der Waals surface area contributed by atoms with Crippen molar-refractivity contribution in [3.05, 3.63) is 23.8 Å². The fraction of sp³-hybridized carbons (Fsp3) is 0.625. The maximum absolute atomic E-state index is 13.3. The molecule has 25 heavy (non-hydrogen) atoms. The van der Waals surface area contributed by atoms with E-state index in [0.717, 1.165) is 23.3 Å². The number of hydrogen-bond acceptors (Lipinski definition) is 4. The molecule has 2 fully saturated rings. The fourth-order valence-electron chi connectivity index (χ4n) is 3.54. The minimum atomic E-state index is -4.53. The zero-order chi connectivity index (χ0) is 17.8. The molecule has 2 aromatic rings. The number of carbonyl (C=O) groups is 1. The third-order valence-corrected chi connectivity index (χ3v) is 5.21. The molecule has 0 bridgehead atoms. The first kappa shape index (κ1) is 16.3. The molecule has 0 radical (unpaired) electrons. The Hall–Kier alpha value is -2.19. The lowest BCUT2D eigenvalue weighted by atomic mass is 9.92.